The summed E-state index contributed by atoms with van der Waals surface area (Å²) >= 11 is 0. The molecular formula is C24H26N4O3. The van der Waals surface area contributed by atoms with E-state index in [0.29, 0.717) is 16.9 Å². The number of pyridine rings is 1. The number of aromatic nitrogens is 2. The molecule has 0 bridgehead atoms. The van der Waals surface area contributed by atoms with Gasteiger partial charge in [-0.3, -0.25) is 18.9 Å². The second-order valence-corrected chi connectivity index (χ2v) is 9.24. The predicted molar refractivity (Wildman–Crippen MR) is 118 cm³/mol. The zero-order valence-corrected chi connectivity index (χ0v) is 18.4. The van der Waals surface area contributed by atoms with Crippen LogP contribution in [0.3, 0.4) is 0 Å². The molecule has 31 heavy (non-hydrogen) atoms. The minimum Gasteiger partial charge on any atom is -0.319 e. The van der Waals surface area contributed by atoms with Crippen LogP contribution in [-0.2, 0) is 22.3 Å². The van der Waals surface area contributed by atoms with E-state index in [0.717, 1.165) is 16.0 Å². The van der Waals surface area contributed by atoms with E-state index in [4.69, 9.17) is 0 Å². The molecule has 3 aromatic rings. The first-order valence-corrected chi connectivity index (χ1v) is 10.2. The van der Waals surface area contributed by atoms with Crippen LogP contribution >= 0.6 is 0 Å². The van der Waals surface area contributed by atoms with Gasteiger partial charge >= 0.3 is 6.03 Å². The van der Waals surface area contributed by atoms with Crippen molar-refractivity contribution < 1.29 is 9.59 Å². The third-order valence-electron chi connectivity index (χ3n) is 5.86. The number of nitrogens with zero attached hydrogens (tertiary/aromatic N) is 3. The van der Waals surface area contributed by atoms with Crippen LogP contribution in [0.25, 0.3) is 5.65 Å². The minimum atomic E-state index is -1.17. The molecule has 0 aliphatic carbocycles. The lowest BCUT2D eigenvalue weighted by atomic mass is 9.84. The number of aryl methyl sites for hydroxylation is 1. The minimum absolute atomic E-state index is 0.0116. The summed E-state index contributed by atoms with van der Waals surface area (Å²) in [6, 6.07) is 12.2. The predicted octanol–water partition coefficient (Wildman–Crippen LogP) is 3.27. The van der Waals surface area contributed by atoms with Gasteiger partial charge < -0.3 is 5.32 Å². The smallest absolute Gasteiger partial charge is 0.319 e. The molecule has 7 heteroatoms. The molecular weight excluding hydrogens is 392 g/mol. The molecule has 4 rings (SSSR count). The number of amides is 3. The first kappa shape index (κ1) is 20.8. The first-order chi connectivity index (χ1) is 14.5. The number of hydrogen-bond donors (Lipinski definition) is 1. The fourth-order valence-electron chi connectivity index (χ4n) is 3.89. The van der Waals surface area contributed by atoms with Crippen molar-refractivity contribution >= 4 is 17.6 Å². The lowest BCUT2D eigenvalue weighted by Crippen LogP contribution is -2.41. The second-order valence-electron chi connectivity index (χ2n) is 9.24. The van der Waals surface area contributed by atoms with E-state index < -0.39 is 11.6 Å². The van der Waals surface area contributed by atoms with E-state index in [9.17, 15) is 14.4 Å². The van der Waals surface area contributed by atoms with E-state index in [1.807, 2.05) is 37.3 Å². The molecule has 1 unspecified atom stereocenters. The maximum Gasteiger partial charge on any atom is 0.325 e. The number of rotatable bonds is 3. The van der Waals surface area contributed by atoms with E-state index in [1.165, 1.54) is 10.5 Å². The Kier molecular flexibility index (Phi) is 4.72. The van der Waals surface area contributed by atoms with Crippen molar-refractivity contribution in [3.8, 4) is 0 Å². The Hall–Kier alpha value is -3.48. The number of carbonyl (C=O) groups excluding carboxylic acids is 2. The SMILES string of the molecule is Cc1cccn2c(=O)cc(CN3C(=O)NC(C)(c4ccc(C(C)(C)C)cc4)C3=O)nc12. The Morgan fingerprint density at radius 2 is 1.74 bits per heavy atom. The van der Waals surface area contributed by atoms with Crippen molar-refractivity contribution in [2.24, 2.45) is 0 Å². The number of nitrogens with one attached hydrogen (secondary N) is 1. The molecule has 7 nitrogen and oxygen atoms in total. The Morgan fingerprint density at radius 1 is 1.06 bits per heavy atom. The maximum absolute atomic E-state index is 13.3. The Bertz CT molecular complexity index is 1250. The molecule has 160 valence electrons. The van der Waals surface area contributed by atoms with Crippen LogP contribution in [-0.4, -0.2) is 26.2 Å². The van der Waals surface area contributed by atoms with Crippen molar-refractivity contribution in [2.75, 3.05) is 0 Å². The number of hydrogen-bond acceptors (Lipinski definition) is 4. The highest BCUT2D eigenvalue weighted by molar-refractivity contribution is 6.07. The van der Waals surface area contributed by atoms with Gasteiger partial charge in [0.05, 0.1) is 12.2 Å². The van der Waals surface area contributed by atoms with Crippen molar-refractivity contribution in [1.82, 2.24) is 19.6 Å². The molecule has 1 aromatic carbocycles. The highest BCUT2D eigenvalue weighted by Gasteiger charge is 2.49. The van der Waals surface area contributed by atoms with Gasteiger partial charge in [0.2, 0.25) is 0 Å². The summed E-state index contributed by atoms with van der Waals surface area (Å²) in [4.78, 5) is 44.1. The molecule has 1 aliphatic heterocycles. The van der Waals surface area contributed by atoms with Gasteiger partial charge in [0.15, 0.2) is 0 Å². The van der Waals surface area contributed by atoms with Crippen LogP contribution in [0.1, 0.15) is 50.1 Å². The van der Waals surface area contributed by atoms with Crippen LogP contribution in [0, 0.1) is 6.92 Å². The number of imide groups is 1. The lowest BCUT2D eigenvalue weighted by Gasteiger charge is -2.24. The van der Waals surface area contributed by atoms with E-state index in [1.54, 1.807) is 19.2 Å². The highest BCUT2D eigenvalue weighted by Crippen LogP contribution is 2.31. The van der Waals surface area contributed by atoms with Gasteiger partial charge in [-0.15, -0.1) is 0 Å². The standard InChI is InChI=1S/C24H26N4O3/c1-15-7-6-12-27-19(29)13-18(25-20(15)27)14-28-21(30)24(5,26-22(28)31)17-10-8-16(9-11-17)23(2,3)4/h6-13H,14H2,1-5H3,(H,26,31). The average molecular weight is 418 g/mol. The number of fused-ring (bicyclic) bond motifs is 1. The first-order valence-electron chi connectivity index (χ1n) is 10.2. The molecule has 1 aliphatic rings. The van der Waals surface area contributed by atoms with E-state index in [-0.39, 0.29) is 23.4 Å². The van der Waals surface area contributed by atoms with E-state index in [2.05, 4.69) is 31.1 Å². The Balaban J connectivity index is 1.65. The Morgan fingerprint density at radius 3 is 2.39 bits per heavy atom. The largest absolute Gasteiger partial charge is 0.325 e. The molecule has 1 fully saturated rings. The highest BCUT2D eigenvalue weighted by atomic mass is 16.2. The molecule has 3 heterocycles. The third kappa shape index (κ3) is 3.50. The average Bonchev–Trinajstić information content (AvgIpc) is 2.92. The van der Waals surface area contributed by atoms with Crippen molar-refractivity contribution in [3.05, 3.63) is 81.4 Å². The van der Waals surface area contributed by atoms with Crippen LogP contribution in [0.15, 0.2) is 53.5 Å². The maximum atomic E-state index is 13.3. The molecule has 1 saturated heterocycles. The normalized spacial score (nSPS) is 19.2. The van der Waals surface area contributed by atoms with Gasteiger partial charge in [-0.1, -0.05) is 51.1 Å². The zero-order valence-electron chi connectivity index (χ0n) is 18.4. The molecule has 0 saturated carbocycles. The van der Waals surface area contributed by atoms with Crippen molar-refractivity contribution in [1.29, 1.82) is 0 Å². The molecule has 3 amide bonds. The lowest BCUT2D eigenvalue weighted by molar-refractivity contribution is -0.131. The second kappa shape index (κ2) is 7.04. The number of benzene rings is 1. The third-order valence-corrected chi connectivity index (χ3v) is 5.86. The van der Waals surface area contributed by atoms with Crippen LogP contribution < -0.4 is 10.9 Å². The van der Waals surface area contributed by atoms with Gasteiger partial charge in [-0.25, -0.2) is 9.78 Å². The summed E-state index contributed by atoms with van der Waals surface area (Å²) in [7, 11) is 0. The fourth-order valence-corrected chi connectivity index (χ4v) is 3.89. The monoisotopic (exact) mass is 418 g/mol. The van der Waals surface area contributed by atoms with Gasteiger partial charge in [0.1, 0.15) is 11.2 Å². The van der Waals surface area contributed by atoms with Crippen LogP contribution in [0.2, 0.25) is 0 Å². The summed E-state index contributed by atoms with van der Waals surface area (Å²) < 4.78 is 1.45. The molecule has 0 spiro atoms. The van der Waals surface area contributed by atoms with Gasteiger partial charge in [-0.05, 0) is 42.0 Å². The molecule has 1 atom stereocenters. The summed E-state index contributed by atoms with van der Waals surface area (Å²) in [5.41, 5.74) is 2.14. The number of carbonyl (C=O) groups is 2. The molecule has 2 aromatic heterocycles. The summed E-state index contributed by atoms with van der Waals surface area (Å²) in [6.45, 7) is 9.85. The number of urea groups is 1. The molecule has 1 N–H and O–H groups in total. The topological polar surface area (TPSA) is 83.8 Å². The van der Waals surface area contributed by atoms with Crippen LogP contribution in [0.4, 0.5) is 4.79 Å². The van der Waals surface area contributed by atoms with Crippen molar-refractivity contribution in [2.45, 2.75) is 52.1 Å². The Labute approximate surface area is 180 Å². The zero-order chi connectivity index (χ0) is 22.6. The van der Waals surface area contributed by atoms with Gasteiger partial charge in [0, 0.05) is 12.3 Å². The summed E-state index contributed by atoms with van der Waals surface area (Å²) in [6.07, 6.45) is 1.65. The van der Waals surface area contributed by atoms with Gasteiger partial charge in [0.25, 0.3) is 11.5 Å². The van der Waals surface area contributed by atoms with Crippen molar-refractivity contribution in [3.63, 3.8) is 0 Å². The van der Waals surface area contributed by atoms with E-state index >= 15 is 0 Å². The van der Waals surface area contributed by atoms with Crippen LogP contribution in [0.5, 0.6) is 0 Å². The fraction of sp³-hybridized carbons (Fsp3) is 0.333. The van der Waals surface area contributed by atoms with Gasteiger partial charge in [-0.2, -0.15) is 0 Å². The molecule has 0 radical (unpaired) electrons. The quantitative estimate of drug-likeness (QED) is 0.662. The summed E-state index contributed by atoms with van der Waals surface area (Å²) in [5, 5.41) is 2.81. The summed E-state index contributed by atoms with van der Waals surface area (Å²) in [5.74, 6) is -0.368.